The highest BCUT2D eigenvalue weighted by Crippen LogP contribution is 2.23. The van der Waals surface area contributed by atoms with Crippen molar-refractivity contribution in [3.05, 3.63) is 40.4 Å². The molecular formula is C14H17ClN4S. The average molecular weight is 309 g/mol. The van der Waals surface area contributed by atoms with Crippen LogP contribution in [0.1, 0.15) is 5.56 Å². The van der Waals surface area contributed by atoms with Crippen LogP contribution in [0.25, 0.3) is 0 Å². The fourth-order valence-corrected chi connectivity index (χ4v) is 3.30. The number of anilines is 2. The van der Waals surface area contributed by atoms with Crippen molar-refractivity contribution < 1.29 is 0 Å². The zero-order chi connectivity index (χ0) is 13.9. The molecule has 106 valence electrons. The number of nitrogens with zero attached hydrogens (tertiary/aromatic N) is 3. The summed E-state index contributed by atoms with van der Waals surface area (Å²) < 4.78 is 0. The number of halogens is 1. The maximum atomic E-state index is 6.22. The highest BCUT2D eigenvalue weighted by Gasteiger charge is 2.19. The third-order valence-corrected chi connectivity index (χ3v) is 4.73. The first-order valence-electron chi connectivity index (χ1n) is 6.63. The molecule has 20 heavy (non-hydrogen) atoms. The minimum atomic E-state index is 0.769. The average Bonchev–Trinajstić information content (AvgIpc) is 2.98. The van der Waals surface area contributed by atoms with Crippen LogP contribution >= 0.6 is 22.9 Å². The Morgan fingerprint density at radius 2 is 2.05 bits per heavy atom. The zero-order valence-corrected chi connectivity index (χ0v) is 12.7. The topological polar surface area (TPSA) is 45.4 Å². The summed E-state index contributed by atoms with van der Waals surface area (Å²) >= 11 is 7.92. The van der Waals surface area contributed by atoms with Crippen LogP contribution in [0.5, 0.6) is 0 Å². The lowest BCUT2D eigenvalue weighted by Gasteiger charge is -2.34. The maximum Gasteiger partial charge on any atom is 0.185 e. The Bertz CT molecular complexity index is 565. The molecule has 0 aliphatic carbocycles. The standard InChI is InChI=1S/C14H17ClN4S/c15-13-2-1-12(16)9-11(13)10-18-4-6-19(7-5-18)14-17-3-8-20-14/h1-3,8-9H,4-7,10,16H2. The van der Waals surface area contributed by atoms with Crippen LogP contribution in [0, 0.1) is 0 Å². The van der Waals surface area contributed by atoms with Crippen molar-refractivity contribution >= 4 is 33.8 Å². The van der Waals surface area contributed by atoms with Gasteiger partial charge >= 0.3 is 0 Å². The van der Waals surface area contributed by atoms with Crippen LogP contribution in [0.15, 0.2) is 29.8 Å². The number of hydrogen-bond donors (Lipinski definition) is 1. The third-order valence-electron chi connectivity index (χ3n) is 3.53. The molecule has 1 aliphatic rings. The van der Waals surface area contributed by atoms with E-state index in [-0.39, 0.29) is 0 Å². The van der Waals surface area contributed by atoms with Crippen molar-refractivity contribution in [2.45, 2.75) is 6.54 Å². The van der Waals surface area contributed by atoms with E-state index >= 15 is 0 Å². The SMILES string of the molecule is Nc1ccc(Cl)c(CN2CCN(c3nccs3)CC2)c1. The van der Waals surface area contributed by atoms with Gasteiger partial charge in [0.05, 0.1) is 0 Å². The number of thiazole rings is 1. The number of piperazine rings is 1. The van der Waals surface area contributed by atoms with Gasteiger partial charge in [0.15, 0.2) is 5.13 Å². The van der Waals surface area contributed by atoms with E-state index in [1.165, 1.54) is 0 Å². The van der Waals surface area contributed by atoms with Gasteiger partial charge in [-0.2, -0.15) is 0 Å². The lowest BCUT2D eigenvalue weighted by atomic mass is 10.1. The number of rotatable bonds is 3. The second-order valence-corrected chi connectivity index (χ2v) is 6.21. The summed E-state index contributed by atoms with van der Waals surface area (Å²) in [4.78, 5) is 9.11. The summed E-state index contributed by atoms with van der Waals surface area (Å²) in [5.74, 6) is 0. The van der Waals surface area contributed by atoms with Crippen molar-refractivity contribution in [2.75, 3.05) is 36.8 Å². The van der Waals surface area contributed by atoms with Gasteiger partial charge in [-0.05, 0) is 23.8 Å². The number of benzene rings is 1. The number of aromatic nitrogens is 1. The van der Waals surface area contributed by atoms with Crippen LogP contribution < -0.4 is 10.6 Å². The quantitative estimate of drug-likeness (QED) is 0.886. The smallest absolute Gasteiger partial charge is 0.185 e. The normalized spacial score (nSPS) is 16.6. The highest BCUT2D eigenvalue weighted by atomic mass is 35.5. The molecule has 4 nitrogen and oxygen atoms in total. The third kappa shape index (κ3) is 3.06. The fourth-order valence-electron chi connectivity index (χ4n) is 2.43. The van der Waals surface area contributed by atoms with Crippen molar-refractivity contribution in [1.82, 2.24) is 9.88 Å². The van der Waals surface area contributed by atoms with Gasteiger partial charge in [0.2, 0.25) is 0 Å². The second-order valence-electron chi connectivity index (χ2n) is 4.93. The lowest BCUT2D eigenvalue weighted by molar-refractivity contribution is 0.250. The Morgan fingerprint density at radius 3 is 2.75 bits per heavy atom. The summed E-state index contributed by atoms with van der Waals surface area (Å²) in [5.41, 5.74) is 7.70. The van der Waals surface area contributed by atoms with E-state index in [0.717, 1.165) is 54.1 Å². The Kier molecular flexibility index (Phi) is 4.10. The van der Waals surface area contributed by atoms with Gasteiger partial charge in [0.1, 0.15) is 0 Å². The molecule has 3 rings (SSSR count). The molecule has 0 unspecified atom stereocenters. The van der Waals surface area contributed by atoms with Crippen LogP contribution in [-0.2, 0) is 6.54 Å². The van der Waals surface area contributed by atoms with E-state index in [4.69, 9.17) is 17.3 Å². The van der Waals surface area contributed by atoms with E-state index in [0.29, 0.717) is 0 Å². The number of nitrogen functional groups attached to an aromatic ring is 1. The van der Waals surface area contributed by atoms with Crippen molar-refractivity contribution in [1.29, 1.82) is 0 Å². The first-order valence-corrected chi connectivity index (χ1v) is 7.89. The first kappa shape index (κ1) is 13.7. The van der Waals surface area contributed by atoms with E-state index in [9.17, 15) is 0 Å². The molecule has 1 fully saturated rings. The van der Waals surface area contributed by atoms with Gasteiger partial charge in [-0.25, -0.2) is 4.98 Å². The predicted octanol–water partition coefficient (Wildman–Crippen LogP) is 2.70. The van der Waals surface area contributed by atoms with E-state index in [1.807, 2.05) is 29.8 Å². The second kappa shape index (κ2) is 5.99. The Labute approximate surface area is 127 Å². The molecule has 6 heteroatoms. The monoisotopic (exact) mass is 308 g/mol. The van der Waals surface area contributed by atoms with Crippen LogP contribution in [0.3, 0.4) is 0 Å². The predicted molar refractivity (Wildman–Crippen MR) is 85.5 cm³/mol. The van der Waals surface area contributed by atoms with Gasteiger partial charge in [-0.1, -0.05) is 11.6 Å². The summed E-state index contributed by atoms with van der Waals surface area (Å²) in [5, 5.41) is 3.93. The van der Waals surface area contributed by atoms with E-state index < -0.39 is 0 Å². The van der Waals surface area contributed by atoms with Gasteiger partial charge in [-0.3, -0.25) is 4.90 Å². The lowest BCUT2D eigenvalue weighted by Crippen LogP contribution is -2.45. The molecule has 0 bridgehead atoms. The minimum Gasteiger partial charge on any atom is -0.399 e. The Morgan fingerprint density at radius 1 is 1.25 bits per heavy atom. The minimum absolute atomic E-state index is 0.769. The molecule has 0 radical (unpaired) electrons. The van der Waals surface area contributed by atoms with Gasteiger partial charge < -0.3 is 10.6 Å². The van der Waals surface area contributed by atoms with Gasteiger partial charge in [0, 0.05) is 55.0 Å². The fraction of sp³-hybridized carbons (Fsp3) is 0.357. The highest BCUT2D eigenvalue weighted by molar-refractivity contribution is 7.13. The molecule has 0 amide bonds. The molecule has 0 spiro atoms. The Hall–Kier alpha value is -1.30. The van der Waals surface area contributed by atoms with Crippen molar-refractivity contribution in [2.24, 2.45) is 0 Å². The first-order chi connectivity index (χ1) is 9.72. The summed E-state index contributed by atoms with van der Waals surface area (Å²) in [7, 11) is 0. The molecule has 0 atom stereocenters. The molecule has 1 aliphatic heterocycles. The summed E-state index contributed by atoms with van der Waals surface area (Å²) in [6, 6.07) is 5.68. The molecule has 0 saturated carbocycles. The van der Waals surface area contributed by atoms with Crippen LogP contribution in [0.4, 0.5) is 10.8 Å². The van der Waals surface area contributed by atoms with Gasteiger partial charge in [-0.15, -0.1) is 11.3 Å². The number of nitrogens with two attached hydrogens (primary N) is 1. The maximum absolute atomic E-state index is 6.22. The molecule has 1 aromatic heterocycles. The van der Waals surface area contributed by atoms with Gasteiger partial charge in [0.25, 0.3) is 0 Å². The summed E-state index contributed by atoms with van der Waals surface area (Å²) in [6.45, 7) is 4.91. The molecule has 1 aromatic carbocycles. The molecular weight excluding hydrogens is 292 g/mol. The number of hydrogen-bond acceptors (Lipinski definition) is 5. The van der Waals surface area contributed by atoms with Crippen LogP contribution in [0.2, 0.25) is 5.02 Å². The van der Waals surface area contributed by atoms with Crippen molar-refractivity contribution in [3.63, 3.8) is 0 Å². The molecule has 1 saturated heterocycles. The Balaban J connectivity index is 1.60. The van der Waals surface area contributed by atoms with E-state index in [2.05, 4.69) is 14.8 Å². The molecule has 2 heterocycles. The molecule has 2 aromatic rings. The summed E-state index contributed by atoms with van der Waals surface area (Å²) in [6.07, 6.45) is 1.86. The van der Waals surface area contributed by atoms with Crippen molar-refractivity contribution in [3.8, 4) is 0 Å². The molecule has 2 N–H and O–H groups in total. The van der Waals surface area contributed by atoms with Crippen LogP contribution in [-0.4, -0.2) is 36.1 Å². The largest absolute Gasteiger partial charge is 0.399 e. The zero-order valence-electron chi connectivity index (χ0n) is 11.1. The van der Waals surface area contributed by atoms with E-state index in [1.54, 1.807) is 11.3 Å².